The summed E-state index contributed by atoms with van der Waals surface area (Å²) in [5.74, 6) is 1.23. The molecule has 4 atom stereocenters. The molecule has 2 saturated carbocycles. The summed E-state index contributed by atoms with van der Waals surface area (Å²) in [6.45, 7) is 3.71. The van der Waals surface area contributed by atoms with Crippen molar-refractivity contribution in [2.24, 2.45) is 23.5 Å². The van der Waals surface area contributed by atoms with Crippen molar-refractivity contribution in [1.82, 2.24) is 0 Å². The fourth-order valence-corrected chi connectivity index (χ4v) is 3.88. The lowest BCUT2D eigenvalue weighted by atomic mass is 9.84. The Morgan fingerprint density at radius 1 is 1.25 bits per heavy atom. The molecule has 1 aromatic carbocycles. The van der Waals surface area contributed by atoms with E-state index in [1.807, 2.05) is 19.9 Å². The van der Waals surface area contributed by atoms with Gasteiger partial charge in [0.25, 0.3) is 0 Å². The number of fused-ring (bicyclic) bond motifs is 2. The number of benzene rings is 1. The number of carbonyl (C=O) groups excluding carboxylic acids is 1. The molecule has 4 nitrogen and oxygen atoms in total. The molecule has 1 aromatic rings. The molecule has 2 fully saturated rings. The average molecular weight is 274 g/mol. The molecule has 1 amide bonds. The van der Waals surface area contributed by atoms with Gasteiger partial charge in [0.2, 0.25) is 5.91 Å². The molecule has 4 heteroatoms. The van der Waals surface area contributed by atoms with E-state index in [0.717, 1.165) is 29.7 Å². The summed E-state index contributed by atoms with van der Waals surface area (Å²) in [6.07, 6.45) is 3.41. The number of hydrogen-bond donors (Lipinski definition) is 3. The second-order valence-corrected chi connectivity index (χ2v) is 6.38. The molecule has 0 aliphatic heterocycles. The number of aromatic hydroxyl groups is 1. The molecular formula is C16H22N2O2. The first-order chi connectivity index (χ1) is 9.47. The molecule has 0 heterocycles. The molecule has 4 N–H and O–H groups in total. The van der Waals surface area contributed by atoms with Gasteiger partial charge in [0.15, 0.2) is 0 Å². The van der Waals surface area contributed by atoms with Crippen molar-refractivity contribution in [3.63, 3.8) is 0 Å². The van der Waals surface area contributed by atoms with Crippen molar-refractivity contribution in [3.05, 3.63) is 23.3 Å². The van der Waals surface area contributed by atoms with Gasteiger partial charge in [0.05, 0.1) is 5.92 Å². The van der Waals surface area contributed by atoms with Crippen LogP contribution in [0.25, 0.3) is 0 Å². The zero-order valence-electron chi connectivity index (χ0n) is 12.0. The van der Waals surface area contributed by atoms with Gasteiger partial charge in [-0.1, -0.05) is 0 Å². The lowest BCUT2D eigenvalue weighted by Gasteiger charge is -2.27. The number of nitrogens with two attached hydrogens (primary N) is 1. The minimum absolute atomic E-state index is 0.00673. The molecule has 0 spiro atoms. The van der Waals surface area contributed by atoms with Crippen molar-refractivity contribution in [1.29, 1.82) is 0 Å². The van der Waals surface area contributed by atoms with Crippen LogP contribution in [0, 0.1) is 31.6 Å². The Hall–Kier alpha value is -1.55. The number of phenols is 1. The number of amides is 1. The van der Waals surface area contributed by atoms with Gasteiger partial charge in [-0.3, -0.25) is 4.79 Å². The van der Waals surface area contributed by atoms with Crippen LogP contribution in [0.1, 0.15) is 30.4 Å². The first-order valence-electron chi connectivity index (χ1n) is 7.34. The summed E-state index contributed by atoms with van der Waals surface area (Å²) < 4.78 is 0. The summed E-state index contributed by atoms with van der Waals surface area (Å²) in [6, 6.07) is 3.51. The number of anilines is 1. The zero-order chi connectivity index (χ0) is 14.4. The van der Waals surface area contributed by atoms with E-state index in [1.165, 1.54) is 6.42 Å². The summed E-state index contributed by atoms with van der Waals surface area (Å²) in [5, 5.41) is 12.7. The normalized spacial score (nSPS) is 31.6. The summed E-state index contributed by atoms with van der Waals surface area (Å²) in [4.78, 5) is 12.5. The van der Waals surface area contributed by atoms with Crippen molar-refractivity contribution in [2.45, 2.75) is 39.2 Å². The van der Waals surface area contributed by atoms with E-state index in [-0.39, 0.29) is 23.6 Å². The van der Waals surface area contributed by atoms with Crippen LogP contribution < -0.4 is 11.1 Å². The molecular weight excluding hydrogens is 252 g/mol. The Balaban J connectivity index is 1.78. The zero-order valence-corrected chi connectivity index (χ0v) is 12.0. The third-order valence-electron chi connectivity index (χ3n) is 5.08. The van der Waals surface area contributed by atoms with E-state index in [9.17, 15) is 9.90 Å². The smallest absolute Gasteiger partial charge is 0.229 e. The molecule has 108 valence electrons. The van der Waals surface area contributed by atoms with Crippen LogP contribution in [-0.4, -0.2) is 17.1 Å². The Bertz CT molecular complexity index is 554. The Morgan fingerprint density at radius 2 is 1.95 bits per heavy atom. The van der Waals surface area contributed by atoms with E-state index in [1.54, 1.807) is 6.07 Å². The fourth-order valence-electron chi connectivity index (χ4n) is 3.88. The van der Waals surface area contributed by atoms with Gasteiger partial charge in [-0.25, -0.2) is 0 Å². The monoisotopic (exact) mass is 274 g/mol. The summed E-state index contributed by atoms with van der Waals surface area (Å²) in [5.41, 5.74) is 8.63. The molecule has 0 saturated heterocycles. The standard InChI is InChI=1S/C16H22N2O2/c1-8-6-13(19)9(2)5-12(8)18-16(20)14-10-3-4-11(7-10)15(14)17/h5-6,10-11,14-15,19H,3-4,7,17H2,1-2H3,(H,18,20). The number of aryl methyl sites for hydroxylation is 2. The average Bonchev–Trinajstić information content (AvgIpc) is 2.96. The lowest BCUT2D eigenvalue weighted by molar-refractivity contribution is -0.121. The van der Waals surface area contributed by atoms with Crippen LogP contribution in [0.5, 0.6) is 5.75 Å². The highest BCUT2D eigenvalue weighted by molar-refractivity contribution is 5.94. The molecule has 3 rings (SSSR count). The van der Waals surface area contributed by atoms with Crippen LogP contribution in [-0.2, 0) is 4.79 Å². The van der Waals surface area contributed by atoms with Gasteiger partial charge in [-0.2, -0.15) is 0 Å². The molecule has 2 bridgehead atoms. The van der Waals surface area contributed by atoms with Gasteiger partial charge in [-0.15, -0.1) is 0 Å². The van der Waals surface area contributed by atoms with Crippen molar-refractivity contribution in [3.8, 4) is 5.75 Å². The van der Waals surface area contributed by atoms with E-state index >= 15 is 0 Å². The number of rotatable bonds is 2. The highest BCUT2D eigenvalue weighted by Crippen LogP contribution is 2.48. The molecule has 2 aliphatic carbocycles. The maximum Gasteiger partial charge on any atom is 0.229 e. The van der Waals surface area contributed by atoms with E-state index < -0.39 is 0 Å². The highest BCUT2D eigenvalue weighted by Gasteiger charge is 2.49. The minimum Gasteiger partial charge on any atom is -0.508 e. The first kappa shape index (κ1) is 13.4. The fraction of sp³-hybridized carbons (Fsp3) is 0.562. The predicted molar refractivity (Wildman–Crippen MR) is 78.5 cm³/mol. The predicted octanol–water partition coefficient (Wildman–Crippen LogP) is 2.32. The first-order valence-corrected chi connectivity index (χ1v) is 7.34. The van der Waals surface area contributed by atoms with Gasteiger partial charge in [0, 0.05) is 11.7 Å². The largest absolute Gasteiger partial charge is 0.508 e. The SMILES string of the molecule is Cc1cc(NC(=O)C2C3CCC(C3)C2N)c(C)cc1O. The Morgan fingerprint density at radius 3 is 2.60 bits per heavy atom. The maximum atomic E-state index is 12.5. The van der Waals surface area contributed by atoms with E-state index in [0.29, 0.717) is 11.8 Å². The van der Waals surface area contributed by atoms with Crippen LogP contribution in [0.3, 0.4) is 0 Å². The second-order valence-electron chi connectivity index (χ2n) is 6.38. The van der Waals surface area contributed by atoms with Crippen molar-refractivity contribution in [2.75, 3.05) is 5.32 Å². The van der Waals surface area contributed by atoms with Crippen molar-refractivity contribution >= 4 is 11.6 Å². The van der Waals surface area contributed by atoms with Gasteiger partial charge >= 0.3 is 0 Å². The van der Waals surface area contributed by atoms with Gasteiger partial charge in [0.1, 0.15) is 5.75 Å². The van der Waals surface area contributed by atoms with Crippen LogP contribution in [0.2, 0.25) is 0 Å². The van der Waals surface area contributed by atoms with Crippen molar-refractivity contribution < 1.29 is 9.90 Å². The summed E-state index contributed by atoms with van der Waals surface area (Å²) in [7, 11) is 0. The van der Waals surface area contributed by atoms with Crippen LogP contribution in [0.4, 0.5) is 5.69 Å². The van der Waals surface area contributed by atoms with E-state index in [2.05, 4.69) is 5.32 Å². The molecule has 0 aromatic heterocycles. The highest BCUT2D eigenvalue weighted by atomic mass is 16.3. The third-order valence-corrected chi connectivity index (χ3v) is 5.08. The van der Waals surface area contributed by atoms with Crippen LogP contribution in [0.15, 0.2) is 12.1 Å². The second kappa shape index (κ2) is 4.77. The quantitative estimate of drug-likeness (QED) is 0.724. The summed E-state index contributed by atoms with van der Waals surface area (Å²) >= 11 is 0. The molecule has 4 unspecified atom stereocenters. The lowest BCUT2D eigenvalue weighted by Crippen LogP contribution is -2.42. The van der Waals surface area contributed by atoms with Gasteiger partial charge < -0.3 is 16.2 Å². The topological polar surface area (TPSA) is 75.4 Å². The maximum absolute atomic E-state index is 12.5. The number of phenolic OH excluding ortho intramolecular Hbond substituents is 1. The minimum atomic E-state index is -0.0535. The number of nitrogens with one attached hydrogen (secondary N) is 1. The molecule has 0 radical (unpaired) electrons. The molecule has 20 heavy (non-hydrogen) atoms. The Labute approximate surface area is 119 Å². The Kier molecular flexibility index (Phi) is 3.21. The van der Waals surface area contributed by atoms with E-state index in [4.69, 9.17) is 5.73 Å². The number of carbonyl (C=O) groups is 1. The number of hydrogen-bond acceptors (Lipinski definition) is 3. The van der Waals surface area contributed by atoms with Crippen LogP contribution >= 0.6 is 0 Å². The molecule has 2 aliphatic rings. The van der Waals surface area contributed by atoms with Gasteiger partial charge in [-0.05, 0) is 68.2 Å². The third kappa shape index (κ3) is 2.08.